The number of rotatable bonds is 6. The van der Waals surface area contributed by atoms with E-state index in [0.717, 1.165) is 28.1 Å². The number of oxime groups is 1. The first-order valence-electron chi connectivity index (χ1n) is 8.31. The minimum absolute atomic E-state index is 0.312. The molecular weight excluding hydrogens is 348 g/mol. The Morgan fingerprint density at radius 3 is 2.62 bits per heavy atom. The molecule has 0 unspecified atom stereocenters. The lowest BCUT2D eigenvalue weighted by molar-refractivity contribution is 0.130. The van der Waals surface area contributed by atoms with Gasteiger partial charge in [0.15, 0.2) is 5.84 Å². The van der Waals surface area contributed by atoms with E-state index in [1.165, 1.54) is 0 Å². The number of halogens is 1. The molecule has 6 heteroatoms. The molecule has 3 aromatic rings. The number of aryl methyl sites for hydroxylation is 2. The van der Waals surface area contributed by atoms with Crippen molar-refractivity contribution in [3.8, 4) is 0 Å². The zero-order valence-electron chi connectivity index (χ0n) is 14.8. The first kappa shape index (κ1) is 18.0. The molecule has 0 saturated heterocycles. The number of hydrogen-bond donors (Lipinski definition) is 1. The number of amidine groups is 1. The highest BCUT2D eigenvalue weighted by Crippen LogP contribution is 2.12. The summed E-state index contributed by atoms with van der Waals surface area (Å²) in [5.41, 5.74) is 11.0. The van der Waals surface area contributed by atoms with Crippen molar-refractivity contribution in [3.05, 3.63) is 87.7 Å². The highest BCUT2D eigenvalue weighted by molar-refractivity contribution is 6.30. The van der Waals surface area contributed by atoms with Crippen LogP contribution in [-0.2, 0) is 18.0 Å². The normalized spacial score (nSPS) is 11.6. The van der Waals surface area contributed by atoms with Gasteiger partial charge in [0.2, 0.25) is 0 Å². The van der Waals surface area contributed by atoms with Crippen LogP contribution in [-0.4, -0.2) is 15.6 Å². The molecule has 0 atom stereocenters. The van der Waals surface area contributed by atoms with E-state index >= 15 is 0 Å². The van der Waals surface area contributed by atoms with Crippen LogP contribution in [0.2, 0.25) is 5.02 Å². The molecule has 0 saturated carbocycles. The lowest BCUT2D eigenvalue weighted by atomic mass is 10.1. The van der Waals surface area contributed by atoms with E-state index in [0.29, 0.717) is 24.0 Å². The molecule has 5 nitrogen and oxygen atoms in total. The van der Waals surface area contributed by atoms with Crippen molar-refractivity contribution in [2.75, 3.05) is 0 Å². The molecule has 0 aliphatic rings. The molecule has 0 amide bonds. The Balaban J connectivity index is 1.67. The number of benzene rings is 2. The summed E-state index contributed by atoms with van der Waals surface area (Å²) in [5.74, 6) is 0.335. The van der Waals surface area contributed by atoms with Crippen molar-refractivity contribution < 1.29 is 4.84 Å². The molecule has 1 heterocycles. The third kappa shape index (κ3) is 4.64. The van der Waals surface area contributed by atoms with Gasteiger partial charge in [-0.3, -0.25) is 4.68 Å². The van der Waals surface area contributed by atoms with Crippen molar-refractivity contribution >= 4 is 17.4 Å². The summed E-state index contributed by atoms with van der Waals surface area (Å²) >= 11 is 5.96. The van der Waals surface area contributed by atoms with Crippen molar-refractivity contribution in [2.45, 2.75) is 27.0 Å². The predicted molar refractivity (Wildman–Crippen MR) is 104 cm³/mol. The second kappa shape index (κ2) is 8.06. The minimum Gasteiger partial charge on any atom is -0.389 e. The predicted octanol–water partition coefficient (Wildman–Crippen LogP) is 4.04. The van der Waals surface area contributed by atoms with Crippen LogP contribution in [0.15, 0.2) is 59.8 Å². The number of aromatic nitrogens is 2. The van der Waals surface area contributed by atoms with Gasteiger partial charge in [0, 0.05) is 16.3 Å². The zero-order valence-corrected chi connectivity index (χ0v) is 15.6. The molecule has 26 heavy (non-hydrogen) atoms. The van der Waals surface area contributed by atoms with Crippen LogP contribution in [0, 0.1) is 13.8 Å². The smallest absolute Gasteiger partial charge is 0.170 e. The molecule has 0 aliphatic heterocycles. The lowest BCUT2D eigenvalue weighted by Gasteiger charge is -2.07. The number of hydrogen-bond acceptors (Lipinski definition) is 3. The summed E-state index contributed by atoms with van der Waals surface area (Å²) in [4.78, 5) is 5.36. The summed E-state index contributed by atoms with van der Waals surface area (Å²) in [6.45, 7) is 5.03. The SMILES string of the molecule is Cc1cc(C)n(Cc2cccc(/C(N)=N/OCc3cccc(Cl)c3)c2)n1. The molecular formula is C20H21ClN4O. The average Bonchev–Trinajstić information content (AvgIpc) is 2.92. The largest absolute Gasteiger partial charge is 0.389 e. The topological polar surface area (TPSA) is 65.4 Å². The summed E-state index contributed by atoms with van der Waals surface area (Å²) in [6, 6.07) is 17.4. The first-order chi connectivity index (χ1) is 12.5. The van der Waals surface area contributed by atoms with Crippen LogP contribution < -0.4 is 5.73 Å². The first-order valence-corrected chi connectivity index (χ1v) is 8.69. The van der Waals surface area contributed by atoms with E-state index in [1.807, 2.05) is 67.1 Å². The number of nitrogens with two attached hydrogens (primary N) is 1. The van der Waals surface area contributed by atoms with Gasteiger partial charge < -0.3 is 10.6 Å². The monoisotopic (exact) mass is 368 g/mol. The molecule has 1 aromatic heterocycles. The maximum absolute atomic E-state index is 6.06. The summed E-state index contributed by atoms with van der Waals surface area (Å²) in [6.07, 6.45) is 0. The highest BCUT2D eigenvalue weighted by Gasteiger charge is 2.05. The van der Waals surface area contributed by atoms with Gasteiger partial charge >= 0.3 is 0 Å². The van der Waals surface area contributed by atoms with E-state index in [4.69, 9.17) is 22.2 Å². The molecule has 3 rings (SSSR count). The standard InChI is InChI=1S/C20H21ClN4O/c1-14-9-15(2)25(23-14)12-16-5-3-7-18(10-16)20(22)24-26-13-17-6-4-8-19(21)11-17/h3-11H,12-13H2,1-2H3,(H2,22,24). The molecule has 0 radical (unpaired) electrons. The van der Waals surface area contributed by atoms with E-state index in [-0.39, 0.29) is 0 Å². The summed E-state index contributed by atoms with van der Waals surface area (Å²) in [5, 5.41) is 9.17. The summed E-state index contributed by atoms with van der Waals surface area (Å²) < 4.78 is 1.97. The van der Waals surface area contributed by atoms with Crippen LogP contribution in [0.5, 0.6) is 0 Å². The van der Waals surface area contributed by atoms with Crippen LogP contribution in [0.1, 0.15) is 28.1 Å². The average molecular weight is 369 g/mol. The van der Waals surface area contributed by atoms with Gasteiger partial charge in [0.1, 0.15) is 6.61 Å². The van der Waals surface area contributed by atoms with Crippen molar-refractivity contribution in [1.82, 2.24) is 9.78 Å². The Kier molecular flexibility index (Phi) is 5.58. The van der Waals surface area contributed by atoms with Gasteiger partial charge in [-0.2, -0.15) is 5.10 Å². The Bertz CT molecular complexity index is 933. The van der Waals surface area contributed by atoms with Gasteiger partial charge in [0.25, 0.3) is 0 Å². The lowest BCUT2D eigenvalue weighted by Crippen LogP contribution is -2.14. The van der Waals surface area contributed by atoms with Crippen LogP contribution in [0.25, 0.3) is 0 Å². The fourth-order valence-corrected chi connectivity index (χ4v) is 2.91. The van der Waals surface area contributed by atoms with E-state index in [1.54, 1.807) is 0 Å². The van der Waals surface area contributed by atoms with Gasteiger partial charge in [-0.15, -0.1) is 0 Å². The van der Waals surface area contributed by atoms with E-state index < -0.39 is 0 Å². The quantitative estimate of drug-likeness (QED) is 0.405. The Morgan fingerprint density at radius 1 is 1.12 bits per heavy atom. The fraction of sp³-hybridized carbons (Fsp3) is 0.200. The van der Waals surface area contributed by atoms with Crippen molar-refractivity contribution in [1.29, 1.82) is 0 Å². The molecule has 0 aliphatic carbocycles. The molecule has 0 spiro atoms. The second-order valence-electron chi connectivity index (χ2n) is 6.17. The van der Waals surface area contributed by atoms with Crippen LogP contribution in [0.4, 0.5) is 0 Å². The maximum atomic E-state index is 6.06. The van der Waals surface area contributed by atoms with Crippen molar-refractivity contribution in [3.63, 3.8) is 0 Å². The molecule has 0 bridgehead atoms. The fourth-order valence-electron chi connectivity index (χ4n) is 2.69. The van der Waals surface area contributed by atoms with Gasteiger partial charge in [-0.25, -0.2) is 0 Å². The van der Waals surface area contributed by atoms with Gasteiger partial charge in [0.05, 0.1) is 12.2 Å². The van der Waals surface area contributed by atoms with Gasteiger partial charge in [-0.1, -0.05) is 47.1 Å². The number of nitrogens with zero attached hydrogens (tertiary/aromatic N) is 3. The molecule has 0 fully saturated rings. The van der Waals surface area contributed by atoms with E-state index in [2.05, 4.69) is 16.3 Å². The van der Waals surface area contributed by atoms with Crippen LogP contribution >= 0.6 is 11.6 Å². The van der Waals surface area contributed by atoms with E-state index in [9.17, 15) is 0 Å². The third-order valence-electron chi connectivity index (χ3n) is 3.94. The molecule has 2 N–H and O–H groups in total. The Labute approximate surface area is 158 Å². The minimum atomic E-state index is 0.312. The highest BCUT2D eigenvalue weighted by atomic mass is 35.5. The second-order valence-corrected chi connectivity index (χ2v) is 6.60. The van der Waals surface area contributed by atoms with Crippen LogP contribution in [0.3, 0.4) is 0 Å². The zero-order chi connectivity index (χ0) is 18.5. The summed E-state index contributed by atoms with van der Waals surface area (Å²) in [7, 11) is 0. The van der Waals surface area contributed by atoms with Gasteiger partial charge in [-0.05, 0) is 49.2 Å². The Morgan fingerprint density at radius 2 is 1.88 bits per heavy atom. The molecule has 2 aromatic carbocycles. The molecule has 134 valence electrons. The third-order valence-corrected chi connectivity index (χ3v) is 4.18. The maximum Gasteiger partial charge on any atom is 0.170 e. The van der Waals surface area contributed by atoms with Crippen molar-refractivity contribution in [2.24, 2.45) is 10.9 Å². The Hall–Kier alpha value is -2.79.